The molecule has 6 heteroatoms. The van der Waals surface area contributed by atoms with E-state index in [0.717, 1.165) is 0 Å². The fourth-order valence-electron chi connectivity index (χ4n) is 2.34. The van der Waals surface area contributed by atoms with Gasteiger partial charge in [-0.05, 0) is 6.07 Å². The molecular weight excluding hydrogens is 260 g/mol. The maximum Gasteiger partial charge on any atom is 0.196 e. The average Bonchev–Trinajstić information content (AvgIpc) is 2.44. The topological polar surface area (TPSA) is 89.3 Å². The van der Waals surface area contributed by atoms with Crippen molar-refractivity contribution in [3.63, 3.8) is 0 Å². The van der Waals surface area contributed by atoms with Crippen molar-refractivity contribution < 1.29 is 14.6 Å². The Hall–Kier alpha value is -3.02. The summed E-state index contributed by atoms with van der Waals surface area (Å²) < 4.78 is 0. The van der Waals surface area contributed by atoms with Gasteiger partial charge in [-0.3, -0.25) is 9.59 Å². The molecule has 3 rings (SSSR count). The molecule has 1 aliphatic carbocycles. The highest BCUT2D eigenvalue weighted by Gasteiger charge is 2.32. The van der Waals surface area contributed by atoms with Crippen LogP contribution in [0.2, 0.25) is 0 Å². The van der Waals surface area contributed by atoms with Crippen LogP contribution in [0.15, 0.2) is 42.5 Å². The fraction of sp³-hybridized carbons (Fsp3) is 0. The molecule has 0 heterocycles. The van der Waals surface area contributed by atoms with E-state index in [0.29, 0.717) is 5.56 Å². The smallest absolute Gasteiger partial charge is 0.196 e. The summed E-state index contributed by atoms with van der Waals surface area (Å²) in [6.07, 6.45) is 0. The molecule has 1 aliphatic rings. The van der Waals surface area contributed by atoms with Crippen molar-refractivity contribution >= 4 is 17.3 Å². The second-order valence-corrected chi connectivity index (χ2v) is 4.30. The molecule has 2 aromatic carbocycles. The van der Waals surface area contributed by atoms with E-state index in [9.17, 15) is 19.7 Å². The van der Waals surface area contributed by atoms with Gasteiger partial charge in [-0.25, -0.2) is 10.1 Å². The molecule has 0 saturated heterocycles. The minimum absolute atomic E-state index is 0.0281. The third-order valence-corrected chi connectivity index (χ3v) is 3.16. The van der Waals surface area contributed by atoms with Crippen LogP contribution in [0.1, 0.15) is 31.8 Å². The van der Waals surface area contributed by atoms with Crippen molar-refractivity contribution in [3.8, 4) is 0 Å². The number of fused-ring (bicyclic) bond motifs is 2. The lowest BCUT2D eigenvalue weighted by Gasteiger charge is -2.18. The number of nitrogens with zero attached hydrogens (tertiary/aromatic N) is 1. The van der Waals surface area contributed by atoms with Crippen LogP contribution in [-0.2, 0) is 0 Å². The molecule has 0 bridgehead atoms. The normalized spacial score (nSPS) is 12.6. The van der Waals surface area contributed by atoms with Gasteiger partial charge in [0.2, 0.25) is 0 Å². The number of carbonyl (C=O) groups excluding carboxylic acids is 2. The number of nitro groups is 1. The molecule has 98 valence electrons. The fourth-order valence-corrected chi connectivity index (χ4v) is 2.34. The maximum absolute atomic E-state index is 12.4. The van der Waals surface area contributed by atoms with Crippen LogP contribution in [0.4, 0.5) is 5.69 Å². The predicted molar refractivity (Wildman–Crippen MR) is 70.4 cm³/mol. The number of anilines is 1. The molecule has 6 nitrogen and oxygen atoms in total. The zero-order valence-corrected chi connectivity index (χ0v) is 10.1. The van der Waals surface area contributed by atoms with Crippen LogP contribution in [0, 0.1) is 10.1 Å². The second-order valence-electron chi connectivity index (χ2n) is 4.30. The van der Waals surface area contributed by atoms with Crippen LogP contribution in [0.5, 0.6) is 0 Å². The van der Waals surface area contributed by atoms with Gasteiger partial charge in [0.1, 0.15) is 5.69 Å². The molecule has 2 aromatic rings. The summed E-state index contributed by atoms with van der Waals surface area (Å²) >= 11 is 0. The van der Waals surface area contributed by atoms with E-state index < -0.39 is 5.03 Å². The summed E-state index contributed by atoms with van der Waals surface area (Å²) in [4.78, 5) is 35.4. The summed E-state index contributed by atoms with van der Waals surface area (Å²) in [5, 5.41) is 9.83. The van der Waals surface area contributed by atoms with Crippen molar-refractivity contribution in [2.24, 2.45) is 0 Å². The Kier molecular flexibility index (Phi) is 2.57. The molecule has 0 aromatic heterocycles. The molecule has 0 fully saturated rings. The first-order valence-corrected chi connectivity index (χ1v) is 5.82. The molecule has 0 unspecified atom stereocenters. The SMILES string of the molecule is O=C1c2ccccc2C(=O)c2c(N[N+](=O)[O-])cccc21. The van der Waals surface area contributed by atoms with E-state index in [1.165, 1.54) is 18.2 Å². The molecule has 0 amide bonds. The van der Waals surface area contributed by atoms with Crippen LogP contribution >= 0.6 is 0 Å². The highest BCUT2D eigenvalue weighted by molar-refractivity contribution is 6.30. The third kappa shape index (κ3) is 1.66. The molecule has 1 N–H and O–H groups in total. The van der Waals surface area contributed by atoms with Gasteiger partial charge in [0.15, 0.2) is 16.6 Å². The summed E-state index contributed by atoms with van der Waals surface area (Å²) in [7, 11) is 0. The number of rotatable bonds is 2. The summed E-state index contributed by atoms with van der Waals surface area (Å²) in [5.41, 5.74) is 2.81. The van der Waals surface area contributed by atoms with E-state index in [1.807, 2.05) is 5.43 Å². The van der Waals surface area contributed by atoms with Gasteiger partial charge in [-0.1, -0.05) is 36.4 Å². The number of hydrogen-bond acceptors (Lipinski definition) is 4. The Morgan fingerprint density at radius 1 is 0.850 bits per heavy atom. The third-order valence-electron chi connectivity index (χ3n) is 3.16. The molecule has 0 spiro atoms. The Morgan fingerprint density at radius 2 is 1.45 bits per heavy atom. The van der Waals surface area contributed by atoms with Crippen molar-refractivity contribution in [1.82, 2.24) is 0 Å². The first-order valence-electron chi connectivity index (χ1n) is 5.82. The molecule has 0 aliphatic heterocycles. The summed E-state index contributed by atoms with van der Waals surface area (Å²) in [6.45, 7) is 0. The van der Waals surface area contributed by atoms with Gasteiger partial charge < -0.3 is 0 Å². The second kappa shape index (κ2) is 4.27. The van der Waals surface area contributed by atoms with Gasteiger partial charge in [0, 0.05) is 16.7 Å². The first-order chi connectivity index (χ1) is 9.59. The highest BCUT2D eigenvalue weighted by Crippen LogP contribution is 2.31. The monoisotopic (exact) mass is 268 g/mol. The van der Waals surface area contributed by atoms with Crippen molar-refractivity contribution in [3.05, 3.63) is 74.8 Å². The van der Waals surface area contributed by atoms with Crippen LogP contribution < -0.4 is 5.43 Å². The number of hydrazine groups is 1. The Labute approximate surface area is 113 Å². The van der Waals surface area contributed by atoms with Crippen molar-refractivity contribution in [2.75, 3.05) is 5.43 Å². The van der Waals surface area contributed by atoms with E-state index in [1.54, 1.807) is 24.3 Å². The molecule has 0 atom stereocenters. The summed E-state index contributed by atoms with van der Waals surface area (Å²) in [5.74, 6) is -0.692. The zero-order valence-electron chi connectivity index (χ0n) is 10.1. The highest BCUT2D eigenvalue weighted by atomic mass is 16.7. The number of ketones is 2. The van der Waals surface area contributed by atoms with Gasteiger partial charge in [0.25, 0.3) is 0 Å². The first kappa shape index (κ1) is 12.0. The Balaban J connectivity index is 2.25. The van der Waals surface area contributed by atoms with Gasteiger partial charge in [-0.15, -0.1) is 5.43 Å². The summed E-state index contributed by atoms with van der Waals surface area (Å²) in [6, 6.07) is 10.8. The van der Waals surface area contributed by atoms with E-state index >= 15 is 0 Å². The quantitative estimate of drug-likeness (QED) is 0.567. The van der Waals surface area contributed by atoms with E-state index in [2.05, 4.69) is 0 Å². The number of nitrogens with one attached hydrogen (secondary N) is 1. The van der Waals surface area contributed by atoms with Gasteiger partial charge >= 0.3 is 0 Å². The Morgan fingerprint density at radius 3 is 2.10 bits per heavy atom. The molecule has 0 radical (unpaired) electrons. The average molecular weight is 268 g/mol. The van der Waals surface area contributed by atoms with Crippen molar-refractivity contribution in [1.29, 1.82) is 0 Å². The minimum Gasteiger partial charge on any atom is -0.289 e. The maximum atomic E-state index is 12.4. The lowest BCUT2D eigenvalue weighted by molar-refractivity contribution is -0.445. The Bertz CT molecular complexity index is 768. The van der Waals surface area contributed by atoms with Gasteiger partial charge in [-0.2, -0.15) is 0 Å². The predicted octanol–water partition coefficient (Wildman–Crippen LogP) is 2.07. The van der Waals surface area contributed by atoms with Gasteiger partial charge in [0.05, 0.1) is 5.56 Å². The van der Waals surface area contributed by atoms with Crippen LogP contribution in [-0.4, -0.2) is 16.6 Å². The number of hydrogen-bond donors (Lipinski definition) is 1. The molecular formula is C14H8N2O4. The molecule has 0 saturated carbocycles. The number of benzene rings is 2. The van der Waals surface area contributed by atoms with Crippen molar-refractivity contribution in [2.45, 2.75) is 0 Å². The van der Waals surface area contributed by atoms with E-state index in [4.69, 9.17) is 0 Å². The number of carbonyl (C=O) groups is 2. The zero-order chi connectivity index (χ0) is 14.3. The van der Waals surface area contributed by atoms with Crippen LogP contribution in [0.3, 0.4) is 0 Å². The minimum atomic E-state index is -0.756. The standard InChI is InChI=1S/C14H8N2O4/c17-13-8-4-1-2-5-9(8)14(18)12-10(13)6-3-7-11(12)15-16(19)20/h1-7,15H. The van der Waals surface area contributed by atoms with Crippen LogP contribution in [0.25, 0.3) is 0 Å². The largest absolute Gasteiger partial charge is 0.289 e. The van der Waals surface area contributed by atoms with E-state index in [-0.39, 0.29) is 33.9 Å². The lowest BCUT2D eigenvalue weighted by Crippen LogP contribution is -2.23. The molecule has 20 heavy (non-hydrogen) atoms. The lowest BCUT2D eigenvalue weighted by atomic mass is 9.83.